The van der Waals surface area contributed by atoms with E-state index in [1.807, 2.05) is 32.0 Å². The average molecular weight is 304 g/mol. The fraction of sp³-hybridized carbons (Fsp3) is 0.235. The van der Waals surface area contributed by atoms with Gasteiger partial charge in [-0.25, -0.2) is 0 Å². The van der Waals surface area contributed by atoms with Gasteiger partial charge in [0.25, 0.3) is 5.91 Å². The van der Waals surface area contributed by atoms with E-state index in [-0.39, 0.29) is 11.7 Å². The quantitative estimate of drug-likeness (QED) is 0.927. The Balaban J connectivity index is 2.24. The zero-order valence-corrected chi connectivity index (χ0v) is 12.9. The molecular weight excluding hydrogens is 286 g/mol. The Bertz CT molecular complexity index is 655. The first-order chi connectivity index (χ1) is 10.0. The number of halogens is 1. The maximum absolute atomic E-state index is 12.6. The summed E-state index contributed by atoms with van der Waals surface area (Å²) in [7, 11) is 0. The monoisotopic (exact) mass is 303 g/mol. The van der Waals surface area contributed by atoms with Crippen LogP contribution in [0.3, 0.4) is 0 Å². The van der Waals surface area contributed by atoms with Gasteiger partial charge in [-0.15, -0.1) is 0 Å². The van der Waals surface area contributed by atoms with Crippen LogP contribution in [-0.2, 0) is 6.54 Å². The molecule has 2 rings (SSSR count). The van der Waals surface area contributed by atoms with Crippen LogP contribution in [0, 0.1) is 6.92 Å². The molecule has 3 nitrogen and oxygen atoms in total. The Labute approximate surface area is 129 Å². The van der Waals surface area contributed by atoms with E-state index in [0.29, 0.717) is 23.7 Å². The Morgan fingerprint density at radius 1 is 1.24 bits per heavy atom. The zero-order valence-electron chi connectivity index (χ0n) is 12.1. The molecule has 0 fully saturated rings. The molecule has 0 heterocycles. The van der Waals surface area contributed by atoms with Crippen molar-refractivity contribution in [2.75, 3.05) is 6.54 Å². The van der Waals surface area contributed by atoms with E-state index in [1.54, 1.807) is 29.2 Å². The summed E-state index contributed by atoms with van der Waals surface area (Å²) in [5, 5.41) is 10.5. The van der Waals surface area contributed by atoms with Crippen LogP contribution in [0.1, 0.15) is 28.4 Å². The molecule has 2 aromatic rings. The van der Waals surface area contributed by atoms with Crippen molar-refractivity contribution in [3.63, 3.8) is 0 Å². The number of rotatable bonds is 4. The number of carbonyl (C=O) groups excluding carboxylic acids is 1. The minimum Gasteiger partial charge on any atom is -0.507 e. The number of benzene rings is 2. The SMILES string of the molecule is CCN(Cc1cccc(Cl)c1)C(=O)c1cc(C)ccc1O. The molecule has 110 valence electrons. The van der Waals surface area contributed by atoms with E-state index >= 15 is 0 Å². The van der Waals surface area contributed by atoms with E-state index in [4.69, 9.17) is 11.6 Å². The van der Waals surface area contributed by atoms with Gasteiger partial charge in [0.1, 0.15) is 5.75 Å². The molecule has 0 aliphatic carbocycles. The summed E-state index contributed by atoms with van der Waals surface area (Å²) >= 11 is 5.97. The second kappa shape index (κ2) is 6.64. The topological polar surface area (TPSA) is 40.5 Å². The molecule has 4 heteroatoms. The van der Waals surface area contributed by atoms with Gasteiger partial charge in [0.2, 0.25) is 0 Å². The number of aromatic hydroxyl groups is 1. The van der Waals surface area contributed by atoms with E-state index in [9.17, 15) is 9.90 Å². The van der Waals surface area contributed by atoms with Crippen molar-refractivity contribution in [2.24, 2.45) is 0 Å². The van der Waals surface area contributed by atoms with Gasteiger partial charge < -0.3 is 10.0 Å². The molecule has 0 saturated carbocycles. The van der Waals surface area contributed by atoms with Crippen LogP contribution in [0.15, 0.2) is 42.5 Å². The third-order valence-electron chi connectivity index (χ3n) is 3.31. The van der Waals surface area contributed by atoms with Crippen LogP contribution in [0.5, 0.6) is 5.75 Å². The summed E-state index contributed by atoms with van der Waals surface area (Å²) in [6.45, 7) is 4.82. The summed E-state index contributed by atoms with van der Waals surface area (Å²) in [5.41, 5.74) is 2.23. The molecule has 0 unspecified atom stereocenters. The number of nitrogens with zero attached hydrogens (tertiary/aromatic N) is 1. The van der Waals surface area contributed by atoms with Gasteiger partial charge in [0, 0.05) is 18.1 Å². The van der Waals surface area contributed by atoms with Gasteiger partial charge in [0.05, 0.1) is 5.56 Å². The standard InChI is InChI=1S/C17H18ClNO2/c1-3-19(11-13-5-4-6-14(18)10-13)17(21)15-9-12(2)7-8-16(15)20/h4-10,20H,3,11H2,1-2H3. The van der Waals surface area contributed by atoms with Gasteiger partial charge in [-0.2, -0.15) is 0 Å². The third-order valence-corrected chi connectivity index (χ3v) is 3.55. The molecular formula is C17H18ClNO2. The predicted molar refractivity (Wildman–Crippen MR) is 84.7 cm³/mol. The lowest BCUT2D eigenvalue weighted by atomic mass is 10.1. The maximum Gasteiger partial charge on any atom is 0.257 e. The summed E-state index contributed by atoms with van der Waals surface area (Å²) in [4.78, 5) is 14.3. The Kier molecular flexibility index (Phi) is 4.86. The highest BCUT2D eigenvalue weighted by Gasteiger charge is 2.18. The van der Waals surface area contributed by atoms with Gasteiger partial charge in [-0.05, 0) is 43.7 Å². The molecule has 0 atom stereocenters. The van der Waals surface area contributed by atoms with Crippen molar-refractivity contribution < 1.29 is 9.90 Å². The van der Waals surface area contributed by atoms with Crippen LogP contribution in [0.4, 0.5) is 0 Å². The van der Waals surface area contributed by atoms with Crippen molar-refractivity contribution in [1.29, 1.82) is 0 Å². The Morgan fingerprint density at radius 2 is 2.00 bits per heavy atom. The summed E-state index contributed by atoms with van der Waals surface area (Å²) in [5.74, 6) is -0.172. The zero-order chi connectivity index (χ0) is 15.4. The van der Waals surface area contributed by atoms with Crippen LogP contribution < -0.4 is 0 Å². The fourth-order valence-corrected chi connectivity index (χ4v) is 2.39. The number of carbonyl (C=O) groups is 1. The number of hydrogen-bond donors (Lipinski definition) is 1. The lowest BCUT2D eigenvalue weighted by Gasteiger charge is -2.22. The maximum atomic E-state index is 12.6. The lowest BCUT2D eigenvalue weighted by Crippen LogP contribution is -2.30. The fourth-order valence-electron chi connectivity index (χ4n) is 2.17. The van der Waals surface area contributed by atoms with Crippen molar-refractivity contribution in [2.45, 2.75) is 20.4 Å². The van der Waals surface area contributed by atoms with Gasteiger partial charge in [-0.3, -0.25) is 4.79 Å². The lowest BCUT2D eigenvalue weighted by molar-refractivity contribution is 0.0749. The molecule has 0 bridgehead atoms. The molecule has 0 spiro atoms. The van der Waals surface area contributed by atoms with Crippen LogP contribution in [-0.4, -0.2) is 22.5 Å². The number of phenols is 1. The largest absolute Gasteiger partial charge is 0.507 e. The normalized spacial score (nSPS) is 10.4. The smallest absolute Gasteiger partial charge is 0.257 e. The second-order valence-electron chi connectivity index (χ2n) is 4.97. The highest BCUT2D eigenvalue weighted by atomic mass is 35.5. The van der Waals surface area contributed by atoms with Crippen LogP contribution in [0.25, 0.3) is 0 Å². The highest BCUT2D eigenvalue weighted by molar-refractivity contribution is 6.30. The average Bonchev–Trinajstić information content (AvgIpc) is 2.46. The first-order valence-corrected chi connectivity index (χ1v) is 7.22. The predicted octanol–water partition coefficient (Wildman–Crippen LogP) is 4.02. The molecule has 0 radical (unpaired) electrons. The van der Waals surface area contributed by atoms with Gasteiger partial charge >= 0.3 is 0 Å². The summed E-state index contributed by atoms with van der Waals surface area (Å²) in [6.07, 6.45) is 0. The first-order valence-electron chi connectivity index (χ1n) is 6.84. The molecule has 0 saturated heterocycles. The van der Waals surface area contributed by atoms with Gasteiger partial charge in [0.15, 0.2) is 0 Å². The molecule has 2 aromatic carbocycles. The van der Waals surface area contributed by atoms with E-state index in [0.717, 1.165) is 11.1 Å². The number of hydrogen-bond acceptors (Lipinski definition) is 2. The minimum atomic E-state index is -0.182. The Morgan fingerprint density at radius 3 is 2.67 bits per heavy atom. The third kappa shape index (κ3) is 3.76. The summed E-state index contributed by atoms with van der Waals surface area (Å²) in [6, 6.07) is 12.5. The number of phenolic OH excluding ortho intramolecular Hbond substituents is 1. The number of aryl methyl sites for hydroxylation is 1. The molecule has 0 aliphatic rings. The van der Waals surface area contributed by atoms with Crippen LogP contribution in [0.2, 0.25) is 5.02 Å². The van der Waals surface area contributed by atoms with E-state index < -0.39 is 0 Å². The molecule has 21 heavy (non-hydrogen) atoms. The summed E-state index contributed by atoms with van der Waals surface area (Å²) < 4.78 is 0. The van der Waals surface area contributed by atoms with E-state index in [2.05, 4.69) is 0 Å². The van der Waals surface area contributed by atoms with E-state index in [1.165, 1.54) is 0 Å². The molecule has 1 N–H and O–H groups in total. The number of amides is 1. The molecule has 0 aliphatic heterocycles. The van der Waals surface area contributed by atoms with Crippen molar-refractivity contribution >= 4 is 17.5 Å². The minimum absolute atomic E-state index is 0.00939. The van der Waals surface area contributed by atoms with Crippen molar-refractivity contribution in [1.82, 2.24) is 4.90 Å². The van der Waals surface area contributed by atoms with Crippen LogP contribution >= 0.6 is 11.6 Å². The molecule has 0 aromatic heterocycles. The van der Waals surface area contributed by atoms with Crippen molar-refractivity contribution in [3.8, 4) is 5.75 Å². The Hall–Kier alpha value is -2.00. The first kappa shape index (κ1) is 15.4. The second-order valence-corrected chi connectivity index (χ2v) is 5.41. The highest BCUT2D eigenvalue weighted by Crippen LogP contribution is 2.21. The molecule has 1 amide bonds. The van der Waals surface area contributed by atoms with Crippen molar-refractivity contribution in [3.05, 3.63) is 64.2 Å². The van der Waals surface area contributed by atoms with Gasteiger partial charge in [-0.1, -0.05) is 35.4 Å².